The zero-order valence-corrected chi connectivity index (χ0v) is 14.7. The maximum atomic E-state index is 5.23. The lowest BCUT2D eigenvalue weighted by Crippen LogP contribution is -2.35. The topological polar surface area (TPSA) is 73.4 Å². The molecule has 0 spiro atoms. The van der Waals surface area contributed by atoms with Crippen molar-refractivity contribution in [1.29, 1.82) is 0 Å². The fraction of sp³-hybridized carbons (Fsp3) is 0.529. The third kappa shape index (κ3) is 3.21. The van der Waals surface area contributed by atoms with Gasteiger partial charge in [-0.2, -0.15) is 4.52 Å². The predicted molar refractivity (Wildman–Crippen MR) is 92.7 cm³/mol. The lowest BCUT2D eigenvalue weighted by atomic mass is 9.96. The normalized spacial score (nSPS) is 16.6. The van der Waals surface area contributed by atoms with Crippen molar-refractivity contribution in [2.24, 2.45) is 7.05 Å². The lowest BCUT2D eigenvalue weighted by Gasteiger charge is -2.30. The first-order valence-electron chi connectivity index (χ1n) is 8.68. The van der Waals surface area contributed by atoms with Crippen molar-refractivity contribution in [3.05, 3.63) is 36.2 Å². The highest BCUT2D eigenvalue weighted by Gasteiger charge is 2.25. The van der Waals surface area contributed by atoms with Crippen LogP contribution >= 0.6 is 0 Å². The minimum Gasteiger partial charge on any atom is -0.480 e. The molecule has 8 nitrogen and oxygen atoms in total. The minimum atomic E-state index is 0.391. The van der Waals surface area contributed by atoms with Crippen molar-refractivity contribution >= 4 is 5.65 Å². The lowest BCUT2D eigenvalue weighted by molar-refractivity contribution is 0.209. The highest BCUT2D eigenvalue weighted by atomic mass is 16.5. The van der Waals surface area contributed by atoms with Crippen molar-refractivity contribution < 1.29 is 4.74 Å². The summed E-state index contributed by atoms with van der Waals surface area (Å²) in [6.07, 6.45) is 7.00. The van der Waals surface area contributed by atoms with Crippen LogP contribution in [0.15, 0.2) is 24.7 Å². The van der Waals surface area contributed by atoms with E-state index in [1.807, 2.05) is 36.2 Å². The van der Waals surface area contributed by atoms with Crippen LogP contribution in [0.5, 0.6) is 5.88 Å². The van der Waals surface area contributed by atoms with Crippen LogP contribution in [0.3, 0.4) is 0 Å². The van der Waals surface area contributed by atoms with E-state index >= 15 is 0 Å². The van der Waals surface area contributed by atoms with Crippen molar-refractivity contribution in [2.45, 2.75) is 25.2 Å². The Kier molecular flexibility index (Phi) is 4.35. The molecule has 0 atom stereocenters. The van der Waals surface area contributed by atoms with Gasteiger partial charge in [-0.3, -0.25) is 0 Å². The SMILES string of the molecule is COc1ccc2nnc(C3CCN(CCc4cncn4C)CC3)n2n1. The molecule has 0 saturated carbocycles. The molecule has 4 rings (SSSR count). The van der Waals surface area contributed by atoms with Gasteiger partial charge < -0.3 is 14.2 Å². The van der Waals surface area contributed by atoms with E-state index in [1.165, 1.54) is 5.69 Å². The van der Waals surface area contributed by atoms with Crippen LogP contribution in [0.2, 0.25) is 0 Å². The van der Waals surface area contributed by atoms with Gasteiger partial charge in [0.15, 0.2) is 11.5 Å². The Bertz CT molecular complexity index is 848. The highest BCUT2D eigenvalue weighted by molar-refractivity contribution is 5.38. The summed E-state index contributed by atoms with van der Waals surface area (Å²) in [6, 6.07) is 3.71. The Labute approximate surface area is 146 Å². The predicted octanol–water partition coefficient (Wildman–Crippen LogP) is 1.29. The monoisotopic (exact) mass is 341 g/mol. The Balaban J connectivity index is 1.39. The average Bonchev–Trinajstić information content (AvgIpc) is 3.26. The van der Waals surface area contributed by atoms with Crippen LogP contribution in [0.1, 0.15) is 30.3 Å². The van der Waals surface area contributed by atoms with E-state index in [2.05, 4.69) is 29.7 Å². The fourth-order valence-corrected chi connectivity index (χ4v) is 3.47. The van der Waals surface area contributed by atoms with Gasteiger partial charge in [-0.05, 0) is 32.0 Å². The van der Waals surface area contributed by atoms with Gasteiger partial charge in [0.25, 0.3) is 0 Å². The standard InChI is InChI=1S/C17H23N7O/c1-22-12-18-11-14(22)7-10-23-8-5-13(6-9-23)17-20-19-15-3-4-16(25-2)21-24(15)17/h3-4,11-13H,5-10H2,1-2H3. The number of ether oxygens (including phenoxy) is 1. The summed E-state index contributed by atoms with van der Waals surface area (Å²) >= 11 is 0. The smallest absolute Gasteiger partial charge is 0.231 e. The molecule has 0 bridgehead atoms. The van der Waals surface area contributed by atoms with E-state index in [4.69, 9.17) is 4.74 Å². The van der Waals surface area contributed by atoms with Gasteiger partial charge in [0.2, 0.25) is 5.88 Å². The number of nitrogens with zero attached hydrogens (tertiary/aromatic N) is 7. The van der Waals surface area contributed by atoms with E-state index in [0.717, 1.165) is 50.4 Å². The average molecular weight is 341 g/mol. The zero-order chi connectivity index (χ0) is 17.2. The number of likely N-dealkylation sites (tertiary alicyclic amines) is 1. The van der Waals surface area contributed by atoms with Gasteiger partial charge >= 0.3 is 0 Å². The summed E-state index contributed by atoms with van der Waals surface area (Å²) < 4.78 is 9.14. The molecule has 0 N–H and O–H groups in total. The molecule has 3 aromatic heterocycles. The maximum Gasteiger partial charge on any atom is 0.231 e. The Hall–Kier alpha value is -2.48. The molecule has 1 fully saturated rings. The molecule has 8 heteroatoms. The van der Waals surface area contributed by atoms with Gasteiger partial charge in [0.05, 0.1) is 13.4 Å². The van der Waals surface area contributed by atoms with Crippen molar-refractivity contribution in [2.75, 3.05) is 26.7 Å². The Morgan fingerprint density at radius 1 is 1.20 bits per heavy atom. The molecule has 1 aliphatic rings. The third-order valence-electron chi connectivity index (χ3n) is 5.02. The molecule has 1 aliphatic heterocycles. The summed E-state index contributed by atoms with van der Waals surface area (Å²) in [5, 5.41) is 13.1. The van der Waals surface area contributed by atoms with Crippen molar-refractivity contribution in [3.8, 4) is 5.88 Å². The molecule has 25 heavy (non-hydrogen) atoms. The van der Waals surface area contributed by atoms with E-state index in [9.17, 15) is 0 Å². The van der Waals surface area contributed by atoms with Crippen LogP contribution in [-0.4, -0.2) is 61.0 Å². The van der Waals surface area contributed by atoms with E-state index in [1.54, 1.807) is 7.11 Å². The van der Waals surface area contributed by atoms with E-state index in [-0.39, 0.29) is 0 Å². The third-order valence-corrected chi connectivity index (χ3v) is 5.02. The van der Waals surface area contributed by atoms with Crippen molar-refractivity contribution in [3.63, 3.8) is 0 Å². The molecular formula is C17H23N7O. The van der Waals surface area contributed by atoms with Gasteiger partial charge in [-0.1, -0.05) is 0 Å². The Morgan fingerprint density at radius 2 is 2.04 bits per heavy atom. The zero-order valence-electron chi connectivity index (χ0n) is 14.7. The van der Waals surface area contributed by atoms with Crippen LogP contribution in [0.25, 0.3) is 5.65 Å². The molecule has 0 radical (unpaired) electrons. The molecule has 0 aliphatic carbocycles. The number of fused-ring (bicyclic) bond motifs is 1. The van der Waals surface area contributed by atoms with Crippen LogP contribution in [-0.2, 0) is 13.5 Å². The molecular weight excluding hydrogens is 318 g/mol. The molecule has 0 unspecified atom stereocenters. The van der Waals surface area contributed by atoms with Gasteiger partial charge in [0.1, 0.15) is 0 Å². The quantitative estimate of drug-likeness (QED) is 0.696. The second-order valence-electron chi connectivity index (χ2n) is 6.57. The molecule has 4 heterocycles. The summed E-state index contributed by atoms with van der Waals surface area (Å²) in [7, 11) is 3.67. The number of aromatic nitrogens is 6. The summed E-state index contributed by atoms with van der Waals surface area (Å²) in [6.45, 7) is 3.21. The first-order valence-corrected chi connectivity index (χ1v) is 8.68. The van der Waals surface area contributed by atoms with Gasteiger partial charge in [-0.15, -0.1) is 15.3 Å². The summed E-state index contributed by atoms with van der Waals surface area (Å²) in [5.41, 5.74) is 2.05. The number of methoxy groups -OCH3 is 1. The minimum absolute atomic E-state index is 0.391. The first-order chi connectivity index (χ1) is 12.2. The molecule has 0 aromatic carbocycles. The number of rotatable bonds is 5. The van der Waals surface area contributed by atoms with E-state index in [0.29, 0.717) is 11.8 Å². The number of hydrogen-bond donors (Lipinski definition) is 0. The number of piperidine rings is 1. The van der Waals surface area contributed by atoms with Gasteiger partial charge in [0, 0.05) is 43.9 Å². The molecule has 0 amide bonds. The summed E-state index contributed by atoms with van der Waals surface area (Å²) in [5.74, 6) is 1.92. The largest absolute Gasteiger partial charge is 0.480 e. The molecule has 1 saturated heterocycles. The summed E-state index contributed by atoms with van der Waals surface area (Å²) in [4.78, 5) is 6.70. The van der Waals surface area contributed by atoms with E-state index < -0.39 is 0 Å². The van der Waals surface area contributed by atoms with Gasteiger partial charge in [-0.25, -0.2) is 4.98 Å². The van der Waals surface area contributed by atoms with Crippen LogP contribution in [0.4, 0.5) is 0 Å². The Morgan fingerprint density at radius 3 is 2.76 bits per heavy atom. The number of imidazole rings is 1. The second kappa shape index (κ2) is 6.79. The second-order valence-corrected chi connectivity index (χ2v) is 6.57. The highest BCUT2D eigenvalue weighted by Crippen LogP contribution is 2.27. The first kappa shape index (κ1) is 16.0. The van der Waals surface area contributed by atoms with Crippen molar-refractivity contribution in [1.82, 2.24) is 34.3 Å². The van der Waals surface area contributed by atoms with Crippen LogP contribution in [0, 0.1) is 0 Å². The number of hydrogen-bond acceptors (Lipinski definition) is 6. The molecule has 132 valence electrons. The van der Waals surface area contributed by atoms with Crippen LogP contribution < -0.4 is 4.74 Å². The fourth-order valence-electron chi connectivity index (χ4n) is 3.47. The number of aryl methyl sites for hydroxylation is 1. The maximum absolute atomic E-state index is 5.23. The molecule has 3 aromatic rings.